The van der Waals surface area contributed by atoms with E-state index in [1.165, 1.54) is 109 Å². The fraction of sp³-hybridized carbons (Fsp3) is 0.964. The zero-order chi connectivity index (χ0) is 58.2. The molecule has 1 aliphatic carbocycles. The van der Waals surface area contributed by atoms with Crippen molar-refractivity contribution in [3.63, 3.8) is 0 Å². The third-order valence-corrected chi connectivity index (χ3v) is 16.2. The van der Waals surface area contributed by atoms with Crippen molar-refractivity contribution in [3.05, 3.63) is 0 Å². The molecule has 24 heteroatoms. The van der Waals surface area contributed by atoms with Crippen LogP contribution >= 0.6 is 7.82 Å². The summed E-state index contributed by atoms with van der Waals surface area (Å²) in [5.41, 5.74) is 0. The Hall–Kier alpha value is -1.55. The number of carbonyl (C=O) groups is 2. The zero-order valence-corrected chi connectivity index (χ0v) is 48.1. The summed E-state index contributed by atoms with van der Waals surface area (Å²) in [4.78, 5) is 37.5. The van der Waals surface area contributed by atoms with Gasteiger partial charge in [0, 0.05) is 12.8 Å². The predicted octanol–water partition coefficient (Wildman–Crippen LogP) is 4.15. The minimum Gasteiger partial charge on any atom is -0.462 e. The van der Waals surface area contributed by atoms with Gasteiger partial charge in [-0.3, -0.25) is 18.6 Å². The van der Waals surface area contributed by atoms with Crippen molar-refractivity contribution in [2.75, 3.05) is 26.4 Å². The molecule has 3 aliphatic rings. The lowest BCUT2D eigenvalue weighted by Crippen LogP contribution is -2.69. The third kappa shape index (κ3) is 26.5. The summed E-state index contributed by atoms with van der Waals surface area (Å²) in [5, 5.41) is 117. The topological polar surface area (TPSA) is 368 Å². The first-order chi connectivity index (χ1) is 37.9. The molecule has 0 amide bonds. The second-order valence-corrected chi connectivity index (χ2v) is 23.3. The van der Waals surface area contributed by atoms with Gasteiger partial charge in [0.2, 0.25) is 0 Å². The molecular weight excluding hydrogens is 1060 g/mol. The molecule has 18 atom stereocenters. The lowest BCUT2D eigenvalue weighted by molar-refractivity contribution is -0.360. The van der Waals surface area contributed by atoms with E-state index in [2.05, 4.69) is 13.8 Å². The molecule has 0 bridgehead atoms. The van der Waals surface area contributed by atoms with Crippen molar-refractivity contribution < 1.29 is 113 Å². The maximum absolute atomic E-state index is 14.0. The minimum atomic E-state index is -5.63. The van der Waals surface area contributed by atoms with Gasteiger partial charge < -0.3 is 89.5 Å². The van der Waals surface area contributed by atoms with Crippen LogP contribution in [0.4, 0.5) is 0 Å². The summed E-state index contributed by atoms with van der Waals surface area (Å²) in [6.45, 7) is 1.02. The number of hydrogen-bond donors (Lipinski definition) is 12. The number of phosphoric ester groups is 1. The van der Waals surface area contributed by atoms with Crippen LogP contribution in [0.25, 0.3) is 0 Å². The highest BCUT2D eigenvalue weighted by molar-refractivity contribution is 7.47. The van der Waals surface area contributed by atoms with Crippen LogP contribution in [0.15, 0.2) is 0 Å². The van der Waals surface area contributed by atoms with Crippen LogP contribution in [0, 0.1) is 0 Å². The molecule has 0 aromatic carbocycles. The number of aliphatic hydroxyl groups excluding tert-OH is 11. The van der Waals surface area contributed by atoms with E-state index >= 15 is 0 Å². The van der Waals surface area contributed by atoms with Crippen LogP contribution in [0.3, 0.4) is 0 Å². The van der Waals surface area contributed by atoms with E-state index in [0.29, 0.717) is 12.8 Å². The van der Waals surface area contributed by atoms with Gasteiger partial charge in [-0.05, 0) is 12.8 Å². The third-order valence-electron chi connectivity index (χ3n) is 15.2. The van der Waals surface area contributed by atoms with Gasteiger partial charge in [-0.15, -0.1) is 0 Å². The number of unbranched alkanes of at least 4 members (excludes halogenated alkanes) is 26. The van der Waals surface area contributed by atoms with E-state index in [-0.39, 0.29) is 12.8 Å². The van der Waals surface area contributed by atoms with E-state index < -0.39 is 150 Å². The molecule has 0 radical (unpaired) electrons. The molecule has 2 heterocycles. The summed E-state index contributed by atoms with van der Waals surface area (Å²) < 4.78 is 58.1. The molecule has 3 fully saturated rings. The van der Waals surface area contributed by atoms with Gasteiger partial charge in [0.15, 0.2) is 18.7 Å². The first-order valence-corrected chi connectivity index (χ1v) is 31.4. The Morgan fingerprint density at radius 2 is 0.759 bits per heavy atom. The highest BCUT2D eigenvalue weighted by atomic mass is 31.2. The van der Waals surface area contributed by atoms with Crippen molar-refractivity contribution >= 4 is 19.8 Å². The molecule has 1 saturated carbocycles. The fourth-order valence-corrected chi connectivity index (χ4v) is 11.1. The molecule has 79 heavy (non-hydrogen) atoms. The van der Waals surface area contributed by atoms with E-state index in [1.807, 2.05) is 0 Å². The van der Waals surface area contributed by atoms with Gasteiger partial charge in [0.25, 0.3) is 0 Å². The molecule has 466 valence electrons. The lowest BCUT2D eigenvalue weighted by Gasteiger charge is -2.49. The normalized spacial score (nSPS) is 31.4. The quantitative estimate of drug-likeness (QED) is 0.0231. The Labute approximate surface area is 468 Å². The highest BCUT2D eigenvalue weighted by Gasteiger charge is 2.58. The Morgan fingerprint density at radius 1 is 0.430 bits per heavy atom. The largest absolute Gasteiger partial charge is 0.472 e. The number of phosphoric acid groups is 1. The molecule has 10 unspecified atom stereocenters. The van der Waals surface area contributed by atoms with Crippen LogP contribution in [-0.2, 0) is 51.6 Å². The summed E-state index contributed by atoms with van der Waals surface area (Å²) in [7, 11) is -5.63. The standard InChI is InChI=1S/C55H103O23P/c1-3-5-7-9-11-13-15-17-18-20-21-23-25-27-29-31-40(58)71-35-37(73-41(59)32-30-28-26-24-22-19-16-14-12-10-8-6-4-2)36-72-79(69,70)78-53-51(76-54-49(67)44(62)42(60)38(33-56)74-54)47(65)46(64)48(66)52(53)77-55-50(68)45(63)43(61)39(34-57)75-55/h37-39,42-57,60-68H,3-36H2,1-2H3,(H,69,70)/t37-,38?,39?,42-,43+,44?,45?,46?,47?,48?,49-,50+,51-,52?,53?,54-,55+/m1/s1. The number of aliphatic hydroxyl groups is 11. The van der Waals surface area contributed by atoms with Crippen molar-refractivity contribution in [2.45, 2.75) is 311 Å². The zero-order valence-electron chi connectivity index (χ0n) is 47.2. The summed E-state index contributed by atoms with van der Waals surface area (Å²) >= 11 is 0. The first-order valence-electron chi connectivity index (χ1n) is 29.9. The smallest absolute Gasteiger partial charge is 0.462 e. The Morgan fingerprint density at radius 3 is 1.11 bits per heavy atom. The molecule has 0 aromatic rings. The molecule has 2 aliphatic heterocycles. The van der Waals surface area contributed by atoms with E-state index in [9.17, 15) is 75.2 Å². The van der Waals surface area contributed by atoms with Crippen LogP contribution in [-0.4, -0.2) is 204 Å². The van der Waals surface area contributed by atoms with Crippen LogP contribution in [0.2, 0.25) is 0 Å². The van der Waals surface area contributed by atoms with E-state index in [1.54, 1.807) is 0 Å². The van der Waals surface area contributed by atoms with Gasteiger partial charge in [0.1, 0.15) is 92.1 Å². The van der Waals surface area contributed by atoms with Crippen LogP contribution < -0.4 is 0 Å². The monoisotopic (exact) mass is 1160 g/mol. The SMILES string of the molecule is CCCCCCCCCCCCCCCCCC(=O)OC[C@H](COP(=O)(O)OC1C(O[C@@H]2OC(CO)[C@H](O)C(O)[C@@H]2O)C(O)C(O)C(O)[C@H]1O[C@H]1OC(CO)[C@@H](O)C(O)[C@H]1O)OC(=O)CCCCCCCCCCCCCCC. The summed E-state index contributed by atoms with van der Waals surface area (Å²) in [5.74, 6) is -1.32. The van der Waals surface area contributed by atoms with Crippen molar-refractivity contribution in [2.24, 2.45) is 0 Å². The van der Waals surface area contributed by atoms with Crippen LogP contribution in [0.5, 0.6) is 0 Å². The Balaban J connectivity index is 1.69. The molecule has 0 aromatic heterocycles. The van der Waals surface area contributed by atoms with Gasteiger partial charge >= 0.3 is 19.8 Å². The van der Waals surface area contributed by atoms with Crippen molar-refractivity contribution in [1.82, 2.24) is 0 Å². The number of carbonyl (C=O) groups excluding carboxylic acids is 2. The number of ether oxygens (including phenoxy) is 6. The number of esters is 2. The average Bonchev–Trinajstić information content (AvgIpc) is 3.57. The lowest BCUT2D eigenvalue weighted by atomic mass is 9.84. The Kier molecular flexibility index (Phi) is 36.9. The average molecular weight is 1160 g/mol. The molecule has 3 rings (SSSR count). The highest BCUT2D eigenvalue weighted by Crippen LogP contribution is 2.49. The Bertz CT molecular complexity index is 1580. The van der Waals surface area contributed by atoms with E-state index in [0.717, 1.165) is 57.8 Å². The first kappa shape index (κ1) is 71.7. The van der Waals surface area contributed by atoms with Crippen molar-refractivity contribution in [1.29, 1.82) is 0 Å². The van der Waals surface area contributed by atoms with E-state index in [4.69, 9.17) is 37.5 Å². The summed E-state index contributed by atoms with van der Waals surface area (Å²) in [6.07, 6.45) is -3.45. The molecule has 23 nitrogen and oxygen atoms in total. The molecular formula is C55H103O23P. The van der Waals surface area contributed by atoms with Crippen molar-refractivity contribution in [3.8, 4) is 0 Å². The fourth-order valence-electron chi connectivity index (χ4n) is 10.2. The molecule has 2 saturated heterocycles. The van der Waals surface area contributed by atoms with Gasteiger partial charge in [-0.2, -0.15) is 0 Å². The molecule has 12 N–H and O–H groups in total. The second-order valence-electron chi connectivity index (χ2n) is 21.9. The maximum atomic E-state index is 14.0. The minimum absolute atomic E-state index is 0.0251. The second kappa shape index (κ2) is 40.7. The predicted molar refractivity (Wildman–Crippen MR) is 287 cm³/mol. The number of rotatable bonds is 44. The summed E-state index contributed by atoms with van der Waals surface area (Å²) in [6, 6.07) is 0. The van der Waals surface area contributed by atoms with Crippen LogP contribution in [0.1, 0.15) is 206 Å². The van der Waals surface area contributed by atoms with Gasteiger partial charge in [-0.1, -0.05) is 181 Å². The van der Waals surface area contributed by atoms with Gasteiger partial charge in [-0.25, -0.2) is 4.57 Å². The number of hydrogen-bond acceptors (Lipinski definition) is 22. The van der Waals surface area contributed by atoms with Gasteiger partial charge in [0.05, 0.1) is 19.8 Å². The maximum Gasteiger partial charge on any atom is 0.472 e. The molecule has 0 spiro atoms.